The maximum atomic E-state index is 12.0. The van der Waals surface area contributed by atoms with E-state index in [4.69, 9.17) is 0 Å². The largest absolute Gasteiger partial charge is 0.319 e. The number of nitrogens with zero attached hydrogens (tertiary/aromatic N) is 4. The van der Waals surface area contributed by atoms with Gasteiger partial charge in [0.15, 0.2) is 5.16 Å². The first-order chi connectivity index (χ1) is 14.1. The molecule has 0 unspecified atom stereocenters. The maximum Gasteiger partial charge on any atom is 0.276 e. The SMILES string of the molecule is CCn1c(SCC(=O)N/N=C/C=C\c2ccccc2[N+](=O)[O-])nc2ccccc21. The molecule has 1 heterocycles. The van der Waals surface area contributed by atoms with E-state index in [0.29, 0.717) is 5.56 Å². The predicted molar refractivity (Wildman–Crippen MR) is 115 cm³/mol. The van der Waals surface area contributed by atoms with E-state index < -0.39 is 4.92 Å². The van der Waals surface area contributed by atoms with Gasteiger partial charge in [0, 0.05) is 18.8 Å². The van der Waals surface area contributed by atoms with Crippen molar-refractivity contribution >= 4 is 46.7 Å². The number of allylic oxidation sites excluding steroid dienone is 1. The second-order valence-corrected chi connectivity index (χ2v) is 6.85. The van der Waals surface area contributed by atoms with Crippen molar-refractivity contribution in [2.75, 3.05) is 5.75 Å². The molecular weight excluding hydrogens is 390 g/mol. The number of hydrogen-bond acceptors (Lipinski definition) is 6. The van der Waals surface area contributed by atoms with Crippen LogP contribution in [-0.2, 0) is 11.3 Å². The van der Waals surface area contributed by atoms with Gasteiger partial charge in [-0.2, -0.15) is 5.10 Å². The number of hydrogen-bond donors (Lipinski definition) is 1. The lowest BCUT2D eigenvalue weighted by atomic mass is 10.2. The lowest BCUT2D eigenvalue weighted by Gasteiger charge is -2.04. The molecule has 0 aliphatic heterocycles. The fourth-order valence-electron chi connectivity index (χ4n) is 2.73. The second kappa shape index (κ2) is 9.65. The van der Waals surface area contributed by atoms with E-state index in [-0.39, 0.29) is 17.3 Å². The number of benzene rings is 2. The minimum absolute atomic E-state index is 0.0106. The van der Waals surface area contributed by atoms with Crippen LogP contribution in [0, 0.1) is 10.1 Å². The van der Waals surface area contributed by atoms with Crippen LogP contribution in [0.15, 0.2) is 64.9 Å². The van der Waals surface area contributed by atoms with Gasteiger partial charge in [-0.05, 0) is 37.3 Å². The maximum absolute atomic E-state index is 12.0. The third-order valence-electron chi connectivity index (χ3n) is 4.03. The van der Waals surface area contributed by atoms with Crippen LogP contribution in [0.4, 0.5) is 5.69 Å². The van der Waals surface area contributed by atoms with Crippen molar-refractivity contribution in [3.05, 3.63) is 70.3 Å². The zero-order valence-corrected chi connectivity index (χ0v) is 16.5. The Morgan fingerprint density at radius 3 is 2.83 bits per heavy atom. The summed E-state index contributed by atoms with van der Waals surface area (Å²) in [6, 6.07) is 14.2. The van der Waals surface area contributed by atoms with Gasteiger partial charge in [-0.25, -0.2) is 10.4 Å². The Labute approximate surface area is 171 Å². The molecule has 148 valence electrons. The van der Waals surface area contributed by atoms with Crippen molar-refractivity contribution in [3.63, 3.8) is 0 Å². The van der Waals surface area contributed by atoms with Gasteiger partial charge < -0.3 is 4.57 Å². The summed E-state index contributed by atoms with van der Waals surface area (Å²) in [5, 5.41) is 15.6. The molecule has 0 saturated carbocycles. The molecule has 1 amide bonds. The molecule has 1 N–H and O–H groups in total. The van der Waals surface area contributed by atoms with Gasteiger partial charge >= 0.3 is 0 Å². The third kappa shape index (κ3) is 5.08. The average Bonchev–Trinajstić information content (AvgIpc) is 3.09. The van der Waals surface area contributed by atoms with Crippen LogP contribution in [0.2, 0.25) is 0 Å². The molecule has 9 heteroatoms. The van der Waals surface area contributed by atoms with Crippen LogP contribution in [0.1, 0.15) is 12.5 Å². The molecule has 0 aliphatic rings. The number of aryl methyl sites for hydroxylation is 1. The first-order valence-electron chi connectivity index (χ1n) is 8.90. The lowest BCUT2D eigenvalue weighted by molar-refractivity contribution is -0.385. The van der Waals surface area contributed by atoms with Crippen LogP contribution in [0.25, 0.3) is 17.1 Å². The van der Waals surface area contributed by atoms with Crippen LogP contribution in [-0.4, -0.2) is 32.3 Å². The van der Waals surface area contributed by atoms with E-state index in [2.05, 4.69) is 20.1 Å². The highest BCUT2D eigenvalue weighted by atomic mass is 32.2. The molecule has 0 bridgehead atoms. The van der Waals surface area contributed by atoms with Gasteiger partial charge in [0.25, 0.3) is 11.6 Å². The molecule has 3 rings (SSSR count). The summed E-state index contributed by atoms with van der Waals surface area (Å²) in [5.41, 5.74) is 4.84. The molecular formula is C20H19N5O3S. The Hall–Kier alpha value is -3.46. The van der Waals surface area contributed by atoms with Gasteiger partial charge in [-0.1, -0.05) is 36.0 Å². The number of nitro groups is 1. The van der Waals surface area contributed by atoms with Gasteiger partial charge in [0.2, 0.25) is 0 Å². The van der Waals surface area contributed by atoms with E-state index in [9.17, 15) is 14.9 Å². The number of aromatic nitrogens is 2. The highest BCUT2D eigenvalue weighted by Crippen LogP contribution is 2.23. The summed E-state index contributed by atoms with van der Waals surface area (Å²) in [5.74, 6) is -0.0887. The number of hydrazone groups is 1. The van der Waals surface area contributed by atoms with Crippen molar-refractivity contribution in [3.8, 4) is 0 Å². The fraction of sp³-hybridized carbons (Fsp3) is 0.150. The topological polar surface area (TPSA) is 102 Å². The van der Waals surface area contributed by atoms with Gasteiger partial charge in [-0.15, -0.1) is 0 Å². The molecule has 0 saturated heterocycles. The number of amides is 1. The molecule has 2 aromatic carbocycles. The predicted octanol–water partition coefficient (Wildman–Crippen LogP) is 3.87. The molecule has 0 fully saturated rings. The van der Waals surface area contributed by atoms with Crippen LogP contribution in [0.5, 0.6) is 0 Å². The number of carbonyl (C=O) groups excluding carboxylic acids is 1. The monoisotopic (exact) mass is 409 g/mol. The normalized spacial score (nSPS) is 11.5. The number of para-hydroxylation sites is 3. The minimum Gasteiger partial charge on any atom is -0.319 e. The van der Waals surface area contributed by atoms with Crippen molar-refractivity contribution < 1.29 is 9.72 Å². The molecule has 29 heavy (non-hydrogen) atoms. The highest BCUT2D eigenvalue weighted by molar-refractivity contribution is 7.99. The van der Waals surface area contributed by atoms with E-state index in [1.54, 1.807) is 24.3 Å². The standard InChI is InChI=1S/C20H19N5O3S/c1-2-24-18-12-6-4-10-16(18)22-20(24)29-14-19(26)23-21-13-7-9-15-8-3-5-11-17(15)25(27)28/h3-13H,2,14H2,1H3,(H,23,26)/b9-7-,21-13+. The van der Waals surface area contributed by atoms with E-state index >= 15 is 0 Å². The first kappa shape index (κ1) is 20.3. The van der Waals surface area contributed by atoms with E-state index in [1.165, 1.54) is 30.1 Å². The Morgan fingerprint density at radius 2 is 2.03 bits per heavy atom. The number of thioether (sulfide) groups is 1. The third-order valence-corrected chi connectivity index (χ3v) is 5.00. The molecule has 0 aliphatic carbocycles. The van der Waals surface area contributed by atoms with Gasteiger partial charge in [0.1, 0.15) is 0 Å². The summed E-state index contributed by atoms with van der Waals surface area (Å²) in [4.78, 5) is 27.1. The molecule has 8 nitrogen and oxygen atoms in total. The summed E-state index contributed by atoms with van der Waals surface area (Å²) in [6.07, 6.45) is 4.47. The summed E-state index contributed by atoms with van der Waals surface area (Å²) >= 11 is 1.34. The molecule has 3 aromatic rings. The zero-order valence-electron chi connectivity index (χ0n) is 15.7. The minimum atomic E-state index is -0.445. The quantitative estimate of drug-likeness (QED) is 0.263. The van der Waals surface area contributed by atoms with Gasteiger partial charge in [0.05, 0.1) is 27.3 Å². The average molecular weight is 409 g/mol. The number of nitrogens with one attached hydrogen (secondary N) is 1. The van der Waals surface area contributed by atoms with Crippen LogP contribution >= 0.6 is 11.8 Å². The van der Waals surface area contributed by atoms with E-state index in [0.717, 1.165) is 22.7 Å². The second-order valence-electron chi connectivity index (χ2n) is 5.90. The number of fused-ring (bicyclic) bond motifs is 1. The number of carbonyl (C=O) groups is 1. The molecule has 0 radical (unpaired) electrons. The zero-order chi connectivity index (χ0) is 20.6. The van der Waals surface area contributed by atoms with Crippen molar-refractivity contribution in [1.29, 1.82) is 0 Å². The number of imidazole rings is 1. The molecule has 0 atom stereocenters. The fourth-order valence-corrected chi connectivity index (χ4v) is 3.60. The van der Waals surface area contributed by atoms with E-state index in [1.807, 2.05) is 31.2 Å². The summed E-state index contributed by atoms with van der Waals surface area (Å²) < 4.78 is 2.06. The van der Waals surface area contributed by atoms with Gasteiger partial charge in [-0.3, -0.25) is 14.9 Å². The van der Waals surface area contributed by atoms with Crippen molar-refractivity contribution in [2.24, 2.45) is 5.10 Å². The Balaban J connectivity index is 1.54. The summed E-state index contributed by atoms with van der Waals surface area (Å²) in [7, 11) is 0. The summed E-state index contributed by atoms with van der Waals surface area (Å²) in [6.45, 7) is 2.80. The highest BCUT2D eigenvalue weighted by Gasteiger charge is 2.11. The Bertz CT molecular complexity index is 1090. The smallest absolute Gasteiger partial charge is 0.276 e. The molecule has 0 spiro atoms. The number of nitro benzene ring substituents is 1. The lowest BCUT2D eigenvalue weighted by Crippen LogP contribution is -2.19. The first-order valence-corrected chi connectivity index (χ1v) is 9.88. The van der Waals surface area contributed by atoms with Crippen molar-refractivity contribution in [2.45, 2.75) is 18.6 Å². The van der Waals surface area contributed by atoms with Crippen molar-refractivity contribution in [1.82, 2.24) is 15.0 Å². The molecule has 1 aromatic heterocycles. The Kier molecular flexibility index (Phi) is 6.75. The Morgan fingerprint density at radius 1 is 1.28 bits per heavy atom. The van der Waals surface area contributed by atoms with Crippen LogP contribution in [0.3, 0.4) is 0 Å². The van der Waals surface area contributed by atoms with Crippen LogP contribution < -0.4 is 5.43 Å². The number of rotatable bonds is 8.